The van der Waals surface area contributed by atoms with E-state index in [1.165, 1.54) is 26.0 Å². The van der Waals surface area contributed by atoms with Crippen LogP contribution in [-0.4, -0.2) is 18.1 Å². The lowest BCUT2D eigenvalue weighted by molar-refractivity contribution is -0.121. The molecule has 2 atom stereocenters. The quantitative estimate of drug-likeness (QED) is 0.462. The Morgan fingerprint density at radius 1 is 1.24 bits per heavy atom. The fourth-order valence-electron chi connectivity index (χ4n) is 3.25. The molecule has 0 spiro atoms. The van der Waals surface area contributed by atoms with Crippen molar-refractivity contribution in [3.63, 3.8) is 0 Å². The Balaban J connectivity index is 2.32. The SMILES string of the molecule is C=C(Nc1cccc(F)c1C(C)(F)F)[C@H]1C(=O)NC[C@@H]1C(=C)/C=C(\C)C(C)(C)F. The van der Waals surface area contributed by atoms with Crippen molar-refractivity contribution in [3.8, 4) is 0 Å². The summed E-state index contributed by atoms with van der Waals surface area (Å²) in [5.74, 6) is -6.12. The van der Waals surface area contributed by atoms with E-state index in [-0.39, 0.29) is 23.8 Å². The first-order chi connectivity index (χ1) is 13.2. The minimum absolute atomic E-state index is 0.132. The molecule has 0 bridgehead atoms. The molecule has 0 unspecified atom stereocenters. The monoisotopic (exact) mass is 410 g/mol. The number of benzene rings is 1. The van der Waals surface area contributed by atoms with Gasteiger partial charge in [0.05, 0.1) is 17.2 Å². The number of nitrogens with one attached hydrogen (secondary N) is 2. The fourth-order valence-corrected chi connectivity index (χ4v) is 3.25. The third-order valence-electron chi connectivity index (χ3n) is 5.12. The number of alkyl halides is 3. The van der Waals surface area contributed by atoms with E-state index in [2.05, 4.69) is 23.8 Å². The van der Waals surface area contributed by atoms with Crippen LogP contribution in [0.2, 0.25) is 0 Å². The molecule has 0 radical (unpaired) electrons. The predicted molar refractivity (Wildman–Crippen MR) is 107 cm³/mol. The summed E-state index contributed by atoms with van der Waals surface area (Å²) in [4.78, 5) is 12.4. The van der Waals surface area contributed by atoms with Crippen LogP contribution in [0, 0.1) is 17.7 Å². The van der Waals surface area contributed by atoms with Gasteiger partial charge in [-0.25, -0.2) is 17.6 Å². The summed E-state index contributed by atoms with van der Waals surface area (Å²) >= 11 is 0. The van der Waals surface area contributed by atoms with Crippen LogP contribution in [0.3, 0.4) is 0 Å². The maximum atomic E-state index is 14.1. The normalized spacial score (nSPS) is 20.4. The van der Waals surface area contributed by atoms with Crippen molar-refractivity contribution in [3.05, 3.63) is 65.7 Å². The molecule has 1 fully saturated rings. The van der Waals surface area contributed by atoms with Crippen LogP contribution in [0.1, 0.15) is 33.3 Å². The summed E-state index contributed by atoms with van der Waals surface area (Å²) in [6, 6.07) is 3.54. The second-order valence-corrected chi connectivity index (χ2v) is 7.91. The molecule has 158 valence electrons. The van der Waals surface area contributed by atoms with Gasteiger partial charge in [-0.1, -0.05) is 25.3 Å². The van der Waals surface area contributed by atoms with Gasteiger partial charge in [0, 0.05) is 25.1 Å². The molecule has 2 rings (SSSR count). The van der Waals surface area contributed by atoms with Gasteiger partial charge in [-0.3, -0.25) is 4.79 Å². The van der Waals surface area contributed by atoms with Gasteiger partial charge >= 0.3 is 0 Å². The molecule has 0 aliphatic carbocycles. The Kier molecular flexibility index (Phi) is 6.30. The fraction of sp³-hybridized carbons (Fsp3) is 0.409. The van der Waals surface area contributed by atoms with Gasteiger partial charge in [0.2, 0.25) is 5.91 Å². The lowest BCUT2D eigenvalue weighted by Gasteiger charge is -2.24. The highest BCUT2D eigenvalue weighted by atomic mass is 19.3. The van der Waals surface area contributed by atoms with E-state index in [4.69, 9.17) is 0 Å². The van der Waals surface area contributed by atoms with Crippen molar-refractivity contribution in [1.82, 2.24) is 5.32 Å². The zero-order valence-electron chi connectivity index (χ0n) is 17.0. The van der Waals surface area contributed by atoms with Crippen LogP contribution >= 0.6 is 0 Å². The van der Waals surface area contributed by atoms with E-state index in [0.29, 0.717) is 18.1 Å². The van der Waals surface area contributed by atoms with Crippen molar-refractivity contribution in [2.75, 3.05) is 11.9 Å². The molecule has 1 heterocycles. The number of carbonyl (C=O) groups is 1. The van der Waals surface area contributed by atoms with Crippen LogP contribution < -0.4 is 10.6 Å². The lowest BCUT2D eigenvalue weighted by Crippen LogP contribution is -2.26. The number of anilines is 1. The highest BCUT2D eigenvalue weighted by Gasteiger charge is 2.39. The number of allylic oxidation sites excluding steroid dienone is 2. The maximum absolute atomic E-state index is 14.1. The van der Waals surface area contributed by atoms with Gasteiger partial charge in [0.1, 0.15) is 11.5 Å². The van der Waals surface area contributed by atoms with Crippen molar-refractivity contribution >= 4 is 11.6 Å². The molecule has 1 saturated heterocycles. The number of hydrogen-bond donors (Lipinski definition) is 2. The topological polar surface area (TPSA) is 41.1 Å². The third kappa shape index (κ3) is 5.08. The second-order valence-electron chi connectivity index (χ2n) is 7.91. The van der Waals surface area contributed by atoms with Gasteiger partial charge in [-0.05, 0) is 44.1 Å². The number of hydrogen-bond acceptors (Lipinski definition) is 2. The summed E-state index contributed by atoms with van der Waals surface area (Å²) in [5, 5.41) is 5.38. The Morgan fingerprint density at radius 3 is 2.41 bits per heavy atom. The first kappa shape index (κ1) is 22.7. The molecule has 2 N–H and O–H groups in total. The Labute approximate surface area is 168 Å². The average Bonchev–Trinajstić information content (AvgIpc) is 2.94. The van der Waals surface area contributed by atoms with Crippen molar-refractivity contribution in [2.45, 2.75) is 39.3 Å². The molecule has 1 aromatic rings. The molecule has 29 heavy (non-hydrogen) atoms. The molecule has 7 heteroatoms. The van der Waals surface area contributed by atoms with Crippen molar-refractivity contribution in [2.24, 2.45) is 11.8 Å². The number of carbonyl (C=O) groups excluding carboxylic acids is 1. The van der Waals surface area contributed by atoms with E-state index in [0.717, 1.165) is 6.07 Å². The Morgan fingerprint density at radius 2 is 1.86 bits per heavy atom. The van der Waals surface area contributed by atoms with Crippen LogP contribution in [-0.2, 0) is 10.7 Å². The van der Waals surface area contributed by atoms with Crippen LogP contribution in [0.5, 0.6) is 0 Å². The van der Waals surface area contributed by atoms with E-state index >= 15 is 0 Å². The minimum Gasteiger partial charge on any atom is -0.358 e. The molecule has 1 amide bonds. The maximum Gasteiger partial charge on any atom is 0.275 e. The largest absolute Gasteiger partial charge is 0.358 e. The van der Waals surface area contributed by atoms with E-state index in [1.807, 2.05) is 0 Å². The van der Waals surface area contributed by atoms with Gasteiger partial charge in [-0.15, -0.1) is 0 Å². The summed E-state index contributed by atoms with van der Waals surface area (Å²) in [6.45, 7) is 13.1. The van der Waals surface area contributed by atoms with Gasteiger partial charge in [0.15, 0.2) is 0 Å². The molecule has 1 aliphatic heterocycles. The van der Waals surface area contributed by atoms with Crippen molar-refractivity contribution < 1.29 is 22.4 Å². The van der Waals surface area contributed by atoms with Crippen LogP contribution in [0.25, 0.3) is 0 Å². The van der Waals surface area contributed by atoms with Crippen LogP contribution in [0.4, 0.5) is 23.2 Å². The average molecular weight is 410 g/mol. The second kappa shape index (κ2) is 8.05. The molecule has 3 nitrogen and oxygen atoms in total. The van der Waals surface area contributed by atoms with Gasteiger partial charge in [-0.2, -0.15) is 0 Å². The zero-order chi connectivity index (χ0) is 22.1. The van der Waals surface area contributed by atoms with Gasteiger partial charge < -0.3 is 10.6 Å². The van der Waals surface area contributed by atoms with Crippen molar-refractivity contribution in [1.29, 1.82) is 0 Å². The van der Waals surface area contributed by atoms with Gasteiger partial charge in [0.25, 0.3) is 5.92 Å². The zero-order valence-corrected chi connectivity index (χ0v) is 17.0. The number of halogens is 4. The molecule has 1 aromatic carbocycles. The van der Waals surface area contributed by atoms with E-state index in [1.54, 1.807) is 13.0 Å². The minimum atomic E-state index is -3.43. The van der Waals surface area contributed by atoms with E-state index in [9.17, 15) is 22.4 Å². The summed E-state index contributed by atoms with van der Waals surface area (Å²) in [7, 11) is 0. The molecule has 0 saturated carbocycles. The molecular weight excluding hydrogens is 384 g/mol. The summed E-state index contributed by atoms with van der Waals surface area (Å²) in [5.41, 5.74) is -1.43. The highest BCUT2D eigenvalue weighted by molar-refractivity contribution is 5.85. The lowest BCUT2D eigenvalue weighted by atomic mass is 9.85. The molecule has 1 aliphatic rings. The Hall–Kier alpha value is -2.57. The number of rotatable bonds is 7. The van der Waals surface area contributed by atoms with Crippen LogP contribution in [0.15, 0.2) is 54.3 Å². The highest BCUT2D eigenvalue weighted by Crippen LogP contribution is 2.38. The predicted octanol–water partition coefficient (Wildman–Crippen LogP) is 5.48. The third-order valence-corrected chi connectivity index (χ3v) is 5.12. The summed E-state index contributed by atoms with van der Waals surface area (Å²) < 4.78 is 55.9. The molecule has 0 aromatic heterocycles. The smallest absolute Gasteiger partial charge is 0.275 e. The first-order valence-corrected chi connectivity index (χ1v) is 9.20. The molecular formula is C22H26F4N2O. The first-order valence-electron chi connectivity index (χ1n) is 9.20. The summed E-state index contributed by atoms with van der Waals surface area (Å²) in [6.07, 6.45) is 1.58. The number of amides is 1. The standard InChI is InChI=1S/C22H26F4N2O/c1-12(10-13(2)21(4,5)24)15-11-27-20(29)18(15)14(3)28-17-9-7-8-16(23)19(17)22(6,25)26/h7-10,15,18,28H,1,3,11H2,2,4-6H3,(H,27,29)/b13-10+/t15-,18-/m1/s1. The Bertz CT molecular complexity index is 863. The van der Waals surface area contributed by atoms with E-state index < -0.39 is 34.8 Å².